The highest BCUT2D eigenvalue weighted by molar-refractivity contribution is 7.99. The van der Waals surface area contributed by atoms with Crippen molar-refractivity contribution >= 4 is 55.0 Å². The molecule has 1 amide bonds. The molecule has 0 unspecified atom stereocenters. The molecule has 0 saturated heterocycles. The van der Waals surface area contributed by atoms with Crippen LogP contribution in [0.25, 0.3) is 20.3 Å². The maximum absolute atomic E-state index is 13.5. The van der Waals surface area contributed by atoms with E-state index < -0.39 is 0 Å². The largest absolute Gasteiger partial charge is 0.325 e. The molecule has 0 spiro atoms. The molecule has 0 aliphatic carbocycles. The Balaban J connectivity index is 1.50. The second-order valence-electron chi connectivity index (χ2n) is 7.27. The number of amides is 1. The lowest BCUT2D eigenvalue weighted by Crippen LogP contribution is -2.24. The Morgan fingerprint density at radius 3 is 2.70 bits per heavy atom. The summed E-state index contributed by atoms with van der Waals surface area (Å²) in [6, 6.07) is 17.0. The van der Waals surface area contributed by atoms with Crippen molar-refractivity contribution in [2.45, 2.75) is 11.7 Å². The molecule has 33 heavy (non-hydrogen) atoms. The predicted octanol–water partition coefficient (Wildman–Crippen LogP) is 4.92. The summed E-state index contributed by atoms with van der Waals surface area (Å²) in [7, 11) is 0. The smallest absolute Gasteiger partial charge is 0.272 e. The van der Waals surface area contributed by atoms with Gasteiger partial charge < -0.3 is 5.32 Å². The van der Waals surface area contributed by atoms with Crippen molar-refractivity contribution in [3.05, 3.63) is 94.8 Å². The number of nitrogens with zero attached hydrogens (tertiary/aromatic N) is 3. The van der Waals surface area contributed by atoms with Crippen molar-refractivity contribution in [2.75, 3.05) is 11.1 Å². The Morgan fingerprint density at radius 2 is 1.91 bits per heavy atom. The molecule has 0 fully saturated rings. The molecule has 5 aromatic rings. The Labute approximate surface area is 196 Å². The number of benzene rings is 2. The van der Waals surface area contributed by atoms with Gasteiger partial charge in [0.15, 0.2) is 5.16 Å². The minimum atomic E-state index is -0.373. The number of hydrogen-bond acceptors (Lipinski definition) is 6. The number of nitrogens with one attached hydrogen (secondary N) is 1. The van der Waals surface area contributed by atoms with E-state index in [0.29, 0.717) is 27.6 Å². The highest BCUT2D eigenvalue weighted by Gasteiger charge is 2.17. The summed E-state index contributed by atoms with van der Waals surface area (Å²) < 4.78 is 16.3. The zero-order valence-electron chi connectivity index (χ0n) is 17.2. The van der Waals surface area contributed by atoms with E-state index in [0.717, 1.165) is 15.6 Å². The van der Waals surface area contributed by atoms with Gasteiger partial charge in [0.2, 0.25) is 5.91 Å². The van der Waals surface area contributed by atoms with Crippen molar-refractivity contribution in [2.24, 2.45) is 0 Å². The Kier molecular flexibility index (Phi) is 5.89. The average Bonchev–Trinajstić information content (AvgIpc) is 3.21. The van der Waals surface area contributed by atoms with Crippen LogP contribution in [0.2, 0.25) is 0 Å². The first-order valence-electron chi connectivity index (χ1n) is 10.1. The van der Waals surface area contributed by atoms with Gasteiger partial charge in [0, 0.05) is 28.2 Å². The third-order valence-corrected chi connectivity index (χ3v) is 7.10. The van der Waals surface area contributed by atoms with Gasteiger partial charge in [0.1, 0.15) is 10.5 Å². The third-order valence-electron chi connectivity index (χ3n) is 4.97. The Morgan fingerprint density at radius 1 is 1.09 bits per heavy atom. The van der Waals surface area contributed by atoms with Crippen LogP contribution in [-0.4, -0.2) is 26.2 Å². The number of halogens is 1. The standard InChI is InChI=1S/C24H17FN4O2S2/c25-16-7-9-17(10-8-16)27-20(30)14-32-24-28-21-18-5-1-2-6-19(18)33-22(21)23(31)29(24)13-15-4-3-11-26-12-15/h1-12H,13-14H2,(H,27,30). The van der Waals surface area contributed by atoms with Gasteiger partial charge in [0.05, 0.1) is 17.8 Å². The third kappa shape index (κ3) is 4.50. The molecule has 0 atom stereocenters. The fourth-order valence-corrected chi connectivity index (χ4v) is 5.32. The molecule has 0 aliphatic heterocycles. The summed E-state index contributed by atoms with van der Waals surface area (Å²) in [6.07, 6.45) is 3.38. The molecule has 1 N–H and O–H groups in total. The van der Waals surface area contributed by atoms with Crippen LogP contribution in [0.5, 0.6) is 0 Å². The highest BCUT2D eigenvalue weighted by atomic mass is 32.2. The molecule has 9 heteroatoms. The molecular weight excluding hydrogens is 459 g/mol. The molecule has 0 bridgehead atoms. The summed E-state index contributed by atoms with van der Waals surface area (Å²) in [6.45, 7) is 0.297. The second kappa shape index (κ2) is 9.13. The minimum absolute atomic E-state index is 0.0461. The van der Waals surface area contributed by atoms with Gasteiger partial charge in [-0.05, 0) is 42.0 Å². The molecular formula is C24H17FN4O2S2. The molecule has 0 radical (unpaired) electrons. The number of thioether (sulfide) groups is 1. The molecule has 5 rings (SSSR count). The van der Waals surface area contributed by atoms with E-state index in [1.165, 1.54) is 47.4 Å². The number of pyridine rings is 1. The quantitative estimate of drug-likeness (QED) is 0.278. The summed E-state index contributed by atoms with van der Waals surface area (Å²) in [5.41, 5.74) is 1.86. The minimum Gasteiger partial charge on any atom is -0.325 e. The van der Waals surface area contributed by atoms with Gasteiger partial charge in [0.25, 0.3) is 5.56 Å². The van der Waals surface area contributed by atoms with Crippen molar-refractivity contribution in [1.82, 2.24) is 14.5 Å². The number of hydrogen-bond donors (Lipinski definition) is 1. The monoisotopic (exact) mass is 476 g/mol. The molecule has 3 aromatic heterocycles. The average molecular weight is 477 g/mol. The lowest BCUT2D eigenvalue weighted by atomic mass is 10.2. The maximum atomic E-state index is 13.5. The van der Waals surface area contributed by atoms with Gasteiger partial charge >= 0.3 is 0 Å². The Hall–Kier alpha value is -3.56. The van der Waals surface area contributed by atoms with Crippen LogP contribution >= 0.6 is 23.1 Å². The SMILES string of the molecule is O=C(CSc1nc2c(sc3ccccc32)c(=O)n1Cc1cccnc1)Nc1ccc(F)cc1. The Bertz CT molecular complexity index is 1520. The van der Waals surface area contributed by atoms with Crippen LogP contribution in [0.1, 0.15) is 5.56 Å². The molecule has 164 valence electrons. The van der Waals surface area contributed by atoms with Crippen LogP contribution in [0.3, 0.4) is 0 Å². The van der Waals surface area contributed by atoms with Crippen LogP contribution in [-0.2, 0) is 11.3 Å². The van der Waals surface area contributed by atoms with Gasteiger partial charge in [-0.15, -0.1) is 11.3 Å². The number of aromatic nitrogens is 3. The maximum Gasteiger partial charge on any atom is 0.272 e. The number of rotatable bonds is 6. The first kappa shape index (κ1) is 21.3. The van der Waals surface area contributed by atoms with Crippen LogP contribution < -0.4 is 10.9 Å². The molecule has 3 heterocycles. The summed E-state index contributed by atoms with van der Waals surface area (Å²) in [5, 5.41) is 4.11. The summed E-state index contributed by atoms with van der Waals surface area (Å²) in [4.78, 5) is 34.9. The molecule has 0 saturated carbocycles. The molecule has 6 nitrogen and oxygen atoms in total. The van der Waals surface area contributed by atoms with Crippen LogP contribution in [0, 0.1) is 5.82 Å². The second-order valence-corrected chi connectivity index (χ2v) is 9.26. The van der Waals surface area contributed by atoms with E-state index in [9.17, 15) is 14.0 Å². The number of thiophene rings is 1. The van der Waals surface area contributed by atoms with Gasteiger partial charge in [-0.2, -0.15) is 0 Å². The first-order valence-corrected chi connectivity index (χ1v) is 11.9. The predicted molar refractivity (Wildman–Crippen MR) is 130 cm³/mol. The molecule has 0 aliphatic rings. The zero-order valence-corrected chi connectivity index (χ0v) is 18.8. The number of fused-ring (bicyclic) bond motifs is 3. The number of carbonyl (C=O) groups is 1. The fraction of sp³-hybridized carbons (Fsp3) is 0.0833. The van der Waals surface area contributed by atoms with Gasteiger partial charge in [-0.1, -0.05) is 36.0 Å². The topological polar surface area (TPSA) is 76.9 Å². The van der Waals surface area contributed by atoms with Crippen molar-refractivity contribution < 1.29 is 9.18 Å². The highest BCUT2D eigenvalue weighted by Crippen LogP contribution is 2.32. The van der Waals surface area contributed by atoms with E-state index in [1.54, 1.807) is 17.0 Å². The first-order chi connectivity index (χ1) is 16.1. The lowest BCUT2D eigenvalue weighted by Gasteiger charge is -2.12. The number of anilines is 1. The van der Waals surface area contributed by atoms with Crippen molar-refractivity contribution in [3.63, 3.8) is 0 Å². The van der Waals surface area contributed by atoms with Crippen LogP contribution in [0.15, 0.2) is 83.0 Å². The summed E-state index contributed by atoms with van der Waals surface area (Å²) in [5.74, 6) is -0.601. The summed E-state index contributed by atoms with van der Waals surface area (Å²) >= 11 is 2.61. The van der Waals surface area contributed by atoms with Crippen molar-refractivity contribution in [1.29, 1.82) is 0 Å². The van der Waals surface area contributed by atoms with Gasteiger partial charge in [-0.25, -0.2) is 9.37 Å². The lowest BCUT2D eigenvalue weighted by molar-refractivity contribution is -0.113. The normalized spacial score (nSPS) is 11.2. The van der Waals surface area contributed by atoms with E-state index in [1.807, 2.05) is 36.4 Å². The van der Waals surface area contributed by atoms with E-state index in [4.69, 9.17) is 4.98 Å². The number of carbonyl (C=O) groups excluding carboxylic acids is 1. The van der Waals surface area contributed by atoms with Crippen LogP contribution in [0.4, 0.5) is 10.1 Å². The zero-order chi connectivity index (χ0) is 22.8. The van der Waals surface area contributed by atoms with E-state index in [2.05, 4.69) is 10.3 Å². The fourth-order valence-electron chi connectivity index (χ4n) is 3.44. The van der Waals surface area contributed by atoms with Gasteiger partial charge in [-0.3, -0.25) is 19.1 Å². The van der Waals surface area contributed by atoms with E-state index >= 15 is 0 Å². The van der Waals surface area contributed by atoms with E-state index in [-0.39, 0.29) is 23.0 Å². The van der Waals surface area contributed by atoms with Crippen molar-refractivity contribution in [3.8, 4) is 0 Å². The molecule has 2 aromatic carbocycles.